The minimum atomic E-state index is -0.406. The highest BCUT2D eigenvalue weighted by Gasteiger charge is 2.10. The van der Waals surface area contributed by atoms with Crippen LogP contribution in [-0.4, -0.2) is 12.6 Å². The van der Waals surface area contributed by atoms with Crippen LogP contribution < -0.4 is 9.47 Å². The highest BCUT2D eigenvalue weighted by atomic mass is 32.1. The Balaban J connectivity index is 1.50. The fourth-order valence-corrected chi connectivity index (χ4v) is 3.80. The Bertz CT molecular complexity index is 984. The third kappa shape index (κ3) is 6.20. The summed E-state index contributed by atoms with van der Waals surface area (Å²) < 4.78 is 11.2. The van der Waals surface area contributed by atoms with E-state index in [0.29, 0.717) is 22.8 Å². The summed E-state index contributed by atoms with van der Waals surface area (Å²) in [6.45, 7) is 2.90. The molecule has 0 unspecified atom stereocenters. The van der Waals surface area contributed by atoms with Crippen molar-refractivity contribution in [1.29, 1.82) is 5.26 Å². The summed E-state index contributed by atoms with van der Waals surface area (Å²) in [7, 11) is 0. The summed E-state index contributed by atoms with van der Waals surface area (Å²) >= 11 is 1.43. The zero-order chi connectivity index (χ0) is 21.2. The number of nitrogens with zero attached hydrogens (tertiary/aromatic N) is 1. The number of nitriles is 1. The molecule has 0 saturated carbocycles. The van der Waals surface area contributed by atoms with E-state index in [4.69, 9.17) is 14.7 Å². The second kappa shape index (κ2) is 11.2. The van der Waals surface area contributed by atoms with E-state index in [0.717, 1.165) is 22.6 Å². The predicted octanol–water partition coefficient (Wildman–Crippen LogP) is 6.86. The molecule has 1 heterocycles. The average molecular weight is 420 g/mol. The lowest BCUT2D eigenvalue weighted by atomic mass is 10.2. The van der Waals surface area contributed by atoms with Crippen molar-refractivity contribution in [2.24, 2.45) is 0 Å². The SMILES string of the molecule is CCCCCCCOc1ccc(C(=O)Oc2ccc(-c3ccc(C#N)s3)cc2)cc1. The first kappa shape index (κ1) is 21.6. The van der Waals surface area contributed by atoms with Crippen molar-refractivity contribution in [2.75, 3.05) is 6.61 Å². The fourth-order valence-electron chi connectivity index (χ4n) is 2.99. The Labute approximate surface area is 181 Å². The summed E-state index contributed by atoms with van der Waals surface area (Å²) in [4.78, 5) is 14.1. The number of hydrogen-bond donors (Lipinski definition) is 0. The van der Waals surface area contributed by atoms with E-state index >= 15 is 0 Å². The maximum atomic E-state index is 12.4. The average Bonchev–Trinajstić information content (AvgIpc) is 3.26. The smallest absolute Gasteiger partial charge is 0.343 e. The Hall–Kier alpha value is -3.10. The molecule has 0 aliphatic carbocycles. The van der Waals surface area contributed by atoms with Crippen LogP contribution in [0.5, 0.6) is 11.5 Å². The highest BCUT2D eigenvalue weighted by Crippen LogP contribution is 2.29. The Morgan fingerprint density at radius 2 is 1.60 bits per heavy atom. The molecule has 0 saturated heterocycles. The van der Waals surface area contributed by atoms with E-state index < -0.39 is 5.97 Å². The molecule has 0 atom stereocenters. The predicted molar refractivity (Wildman–Crippen MR) is 120 cm³/mol. The summed E-state index contributed by atoms with van der Waals surface area (Å²) in [5, 5.41) is 8.94. The number of rotatable bonds is 10. The van der Waals surface area contributed by atoms with Crippen molar-refractivity contribution in [3.8, 4) is 28.0 Å². The number of carbonyl (C=O) groups excluding carboxylic acids is 1. The summed E-state index contributed by atoms with van der Waals surface area (Å²) in [6.07, 6.45) is 5.99. The van der Waals surface area contributed by atoms with Crippen LogP contribution in [0.25, 0.3) is 10.4 Å². The zero-order valence-electron chi connectivity index (χ0n) is 17.1. The minimum absolute atomic E-state index is 0.406. The Morgan fingerprint density at radius 1 is 0.900 bits per heavy atom. The number of hydrogen-bond acceptors (Lipinski definition) is 5. The van der Waals surface area contributed by atoms with Crippen LogP contribution in [0.4, 0.5) is 0 Å². The molecule has 30 heavy (non-hydrogen) atoms. The van der Waals surface area contributed by atoms with Crippen molar-refractivity contribution in [3.63, 3.8) is 0 Å². The number of ether oxygens (including phenoxy) is 2. The molecule has 1 aromatic heterocycles. The highest BCUT2D eigenvalue weighted by molar-refractivity contribution is 7.16. The molecule has 3 aromatic rings. The largest absolute Gasteiger partial charge is 0.494 e. The van der Waals surface area contributed by atoms with Gasteiger partial charge in [0.05, 0.1) is 12.2 Å². The molecular formula is C25H25NO3S. The van der Waals surface area contributed by atoms with Gasteiger partial charge in [-0.25, -0.2) is 4.79 Å². The number of thiophene rings is 1. The molecule has 0 amide bonds. The molecule has 154 valence electrons. The maximum absolute atomic E-state index is 12.4. The summed E-state index contributed by atoms with van der Waals surface area (Å²) in [5.74, 6) is 0.837. The molecule has 2 aromatic carbocycles. The van der Waals surface area contributed by atoms with Crippen LogP contribution >= 0.6 is 11.3 Å². The van der Waals surface area contributed by atoms with Gasteiger partial charge in [-0.2, -0.15) is 5.26 Å². The summed E-state index contributed by atoms with van der Waals surface area (Å²) in [6, 6.07) is 20.2. The molecule has 5 heteroatoms. The van der Waals surface area contributed by atoms with Gasteiger partial charge in [0.2, 0.25) is 0 Å². The Morgan fingerprint density at radius 3 is 2.27 bits per heavy atom. The number of esters is 1. The lowest BCUT2D eigenvalue weighted by molar-refractivity contribution is 0.0734. The van der Waals surface area contributed by atoms with Crippen molar-refractivity contribution in [3.05, 3.63) is 71.1 Å². The van der Waals surface area contributed by atoms with Gasteiger partial charge in [-0.15, -0.1) is 11.3 Å². The third-order valence-corrected chi connectivity index (χ3v) is 5.71. The molecule has 0 N–H and O–H groups in total. The fraction of sp³-hybridized carbons (Fsp3) is 0.280. The Kier molecular flexibility index (Phi) is 8.05. The first-order chi connectivity index (χ1) is 14.7. The van der Waals surface area contributed by atoms with E-state index in [2.05, 4.69) is 13.0 Å². The van der Waals surface area contributed by atoms with Gasteiger partial charge >= 0.3 is 5.97 Å². The molecule has 0 radical (unpaired) electrons. The van der Waals surface area contributed by atoms with E-state index in [1.165, 1.54) is 37.0 Å². The molecular weight excluding hydrogens is 394 g/mol. The molecule has 4 nitrogen and oxygen atoms in total. The minimum Gasteiger partial charge on any atom is -0.494 e. The molecule has 0 spiro atoms. The lowest BCUT2D eigenvalue weighted by Gasteiger charge is -2.08. The second-order valence-electron chi connectivity index (χ2n) is 6.98. The molecule has 3 rings (SSSR count). The number of carbonyl (C=O) groups is 1. The van der Waals surface area contributed by atoms with Gasteiger partial charge in [-0.3, -0.25) is 0 Å². The van der Waals surface area contributed by atoms with Crippen LogP contribution in [-0.2, 0) is 0 Å². The molecule has 0 bridgehead atoms. The van der Waals surface area contributed by atoms with Crippen molar-refractivity contribution >= 4 is 17.3 Å². The van der Waals surface area contributed by atoms with Gasteiger partial charge in [0.25, 0.3) is 0 Å². The lowest BCUT2D eigenvalue weighted by Crippen LogP contribution is -2.08. The number of unbranched alkanes of at least 4 members (excludes halogenated alkanes) is 4. The zero-order valence-corrected chi connectivity index (χ0v) is 17.9. The van der Waals surface area contributed by atoms with E-state index in [1.807, 2.05) is 18.2 Å². The molecule has 0 fully saturated rings. The van der Waals surface area contributed by atoms with Crippen LogP contribution in [0.15, 0.2) is 60.7 Å². The first-order valence-electron chi connectivity index (χ1n) is 10.2. The number of benzene rings is 2. The van der Waals surface area contributed by atoms with Crippen molar-refractivity contribution < 1.29 is 14.3 Å². The van der Waals surface area contributed by atoms with Gasteiger partial charge in [-0.1, -0.05) is 32.6 Å². The summed E-state index contributed by atoms with van der Waals surface area (Å²) in [5.41, 5.74) is 1.46. The van der Waals surface area contributed by atoms with E-state index in [1.54, 1.807) is 42.5 Å². The van der Waals surface area contributed by atoms with Gasteiger partial charge in [-0.05, 0) is 72.6 Å². The van der Waals surface area contributed by atoms with Gasteiger partial charge in [0.1, 0.15) is 22.4 Å². The second-order valence-corrected chi connectivity index (χ2v) is 8.06. The van der Waals surface area contributed by atoms with Gasteiger partial charge in [0.15, 0.2) is 0 Å². The topological polar surface area (TPSA) is 59.3 Å². The van der Waals surface area contributed by atoms with Crippen LogP contribution in [0.2, 0.25) is 0 Å². The molecule has 0 aliphatic heterocycles. The standard InChI is InChI=1S/C25H25NO3S/c1-2-3-4-5-6-17-28-21-11-9-20(10-12-21)25(27)29-22-13-7-19(8-14-22)24-16-15-23(18-26)30-24/h7-16H,2-6,17H2,1H3. The quantitative estimate of drug-likeness (QED) is 0.205. The van der Waals surface area contributed by atoms with E-state index in [9.17, 15) is 4.79 Å². The normalized spacial score (nSPS) is 10.4. The monoisotopic (exact) mass is 419 g/mol. The van der Waals surface area contributed by atoms with Crippen LogP contribution in [0.1, 0.15) is 54.3 Å². The van der Waals surface area contributed by atoms with Crippen LogP contribution in [0, 0.1) is 11.3 Å². The van der Waals surface area contributed by atoms with Crippen LogP contribution in [0.3, 0.4) is 0 Å². The third-order valence-electron chi connectivity index (χ3n) is 4.67. The maximum Gasteiger partial charge on any atom is 0.343 e. The van der Waals surface area contributed by atoms with Crippen molar-refractivity contribution in [2.45, 2.75) is 39.0 Å². The van der Waals surface area contributed by atoms with Gasteiger partial charge < -0.3 is 9.47 Å². The molecule has 0 aliphatic rings. The first-order valence-corrected chi connectivity index (χ1v) is 11.1. The van der Waals surface area contributed by atoms with Crippen molar-refractivity contribution in [1.82, 2.24) is 0 Å². The van der Waals surface area contributed by atoms with E-state index in [-0.39, 0.29) is 0 Å². The van der Waals surface area contributed by atoms with Gasteiger partial charge in [0, 0.05) is 4.88 Å².